The predicted molar refractivity (Wildman–Crippen MR) is 120 cm³/mol. The van der Waals surface area contributed by atoms with Crippen LogP contribution in [0.25, 0.3) is 0 Å². The Morgan fingerprint density at radius 2 is 1.97 bits per heavy atom. The molecule has 7 nitrogen and oxygen atoms in total. The highest BCUT2D eigenvalue weighted by atomic mass is 35.5. The van der Waals surface area contributed by atoms with Crippen molar-refractivity contribution in [3.8, 4) is 0 Å². The molecule has 4 rings (SSSR count). The topological polar surface area (TPSA) is 75.7 Å². The molecule has 0 unspecified atom stereocenters. The average Bonchev–Trinajstić information content (AvgIpc) is 3.21. The number of nitrogens with two attached hydrogens (primary N) is 1. The Balaban J connectivity index is 1.40. The second-order valence-electron chi connectivity index (χ2n) is 8.30. The van der Waals surface area contributed by atoms with E-state index in [0.29, 0.717) is 30.9 Å². The van der Waals surface area contributed by atoms with Crippen LogP contribution >= 0.6 is 11.6 Å². The Morgan fingerprint density at radius 1 is 1.20 bits per heavy atom. The third-order valence-corrected chi connectivity index (χ3v) is 6.48. The van der Waals surface area contributed by atoms with Gasteiger partial charge in [-0.05, 0) is 43.9 Å². The second kappa shape index (κ2) is 10.1. The summed E-state index contributed by atoms with van der Waals surface area (Å²) in [7, 11) is 0. The Morgan fingerprint density at radius 3 is 2.63 bits per heavy atom. The van der Waals surface area contributed by atoms with Crippen LogP contribution in [0.2, 0.25) is 5.02 Å². The number of hydrogen-bond donors (Lipinski definition) is 1. The van der Waals surface area contributed by atoms with Crippen LogP contribution < -0.4 is 5.73 Å². The van der Waals surface area contributed by atoms with Crippen LogP contribution in [0.1, 0.15) is 31.7 Å². The number of amidine groups is 2. The zero-order valence-corrected chi connectivity index (χ0v) is 18.4. The van der Waals surface area contributed by atoms with Gasteiger partial charge in [-0.3, -0.25) is 4.90 Å². The maximum atomic E-state index is 6.17. The third-order valence-electron chi connectivity index (χ3n) is 6.23. The molecule has 0 aromatic heterocycles. The summed E-state index contributed by atoms with van der Waals surface area (Å²) in [4.78, 5) is 5.01. The van der Waals surface area contributed by atoms with Crippen molar-refractivity contribution in [1.82, 2.24) is 9.80 Å². The molecule has 2 N–H and O–H groups in total. The molecule has 30 heavy (non-hydrogen) atoms. The van der Waals surface area contributed by atoms with E-state index in [-0.39, 0.29) is 6.10 Å². The summed E-state index contributed by atoms with van der Waals surface area (Å²) in [6.07, 6.45) is 4.00. The fraction of sp³-hybridized carbons (Fsp3) is 0.636. The van der Waals surface area contributed by atoms with Crippen LogP contribution in [0.5, 0.6) is 0 Å². The average molecular weight is 434 g/mol. The van der Waals surface area contributed by atoms with Gasteiger partial charge in [0, 0.05) is 43.3 Å². The van der Waals surface area contributed by atoms with Gasteiger partial charge >= 0.3 is 0 Å². The number of piperidine rings is 1. The molecule has 164 valence electrons. The first-order valence-electron chi connectivity index (χ1n) is 11.0. The Bertz CT molecular complexity index is 761. The third kappa shape index (κ3) is 5.32. The van der Waals surface area contributed by atoms with E-state index in [1.165, 1.54) is 5.56 Å². The van der Waals surface area contributed by atoms with Crippen LogP contribution in [0.3, 0.4) is 0 Å². The second-order valence-corrected chi connectivity index (χ2v) is 8.74. The smallest absolute Gasteiger partial charge is 0.135 e. The molecular formula is C22H32ClN5O2. The number of morpholine rings is 1. The molecule has 1 aromatic rings. The first-order valence-corrected chi connectivity index (χ1v) is 11.3. The van der Waals surface area contributed by atoms with Gasteiger partial charge < -0.3 is 20.1 Å². The van der Waals surface area contributed by atoms with E-state index in [2.05, 4.69) is 32.1 Å². The predicted octanol–water partition coefficient (Wildman–Crippen LogP) is 2.53. The summed E-state index contributed by atoms with van der Waals surface area (Å²) >= 11 is 6.07. The summed E-state index contributed by atoms with van der Waals surface area (Å²) in [5, 5.41) is 9.02. The molecule has 2 saturated heterocycles. The molecule has 0 spiro atoms. The van der Waals surface area contributed by atoms with Crippen molar-refractivity contribution in [1.29, 1.82) is 0 Å². The molecule has 1 aromatic carbocycles. The van der Waals surface area contributed by atoms with Crippen molar-refractivity contribution < 1.29 is 9.47 Å². The quantitative estimate of drug-likeness (QED) is 0.746. The van der Waals surface area contributed by atoms with Gasteiger partial charge in [-0.1, -0.05) is 23.7 Å². The van der Waals surface area contributed by atoms with E-state index in [4.69, 9.17) is 26.8 Å². The lowest BCUT2D eigenvalue weighted by Gasteiger charge is -2.47. The monoisotopic (exact) mass is 433 g/mol. The Kier molecular flexibility index (Phi) is 7.25. The SMILES string of the molecule is CCOC[C@H]1CN(C2CCN(C3=NN=C(N)C3)CC2)[C@@H](Cc2ccc(Cl)cc2)CO1. The minimum Gasteiger partial charge on any atom is -0.385 e. The van der Waals surface area contributed by atoms with E-state index in [0.717, 1.165) is 63.0 Å². The van der Waals surface area contributed by atoms with Crippen LogP contribution in [-0.4, -0.2) is 79.1 Å². The van der Waals surface area contributed by atoms with Crippen molar-refractivity contribution in [2.24, 2.45) is 15.9 Å². The summed E-state index contributed by atoms with van der Waals surface area (Å²) in [5.74, 6) is 1.63. The number of ether oxygens (including phenoxy) is 2. The van der Waals surface area contributed by atoms with Gasteiger partial charge in [0.2, 0.25) is 0 Å². The van der Waals surface area contributed by atoms with E-state index >= 15 is 0 Å². The number of nitrogens with zero attached hydrogens (tertiary/aromatic N) is 4. The van der Waals surface area contributed by atoms with E-state index < -0.39 is 0 Å². The fourth-order valence-corrected chi connectivity index (χ4v) is 4.76. The van der Waals surface area contributed by atoms with Crippen LogP contribution in [0, 0.1) is 0 Å². The van der Waals surface area contributed by atoms with Crippen molar-refractivity contribution in [3.63, 3.8) is 0 Å². The highest BCUT2D eigenvalue weighted by Gasteiger charge is 2.36. The summed E-state index contributed by atoms with van der Waals surface area (Å²) < 4.78 is 11.8. The number of halogens is 1. The van der Waals surface area contributed by atoms with Gasteiger partial charge in [-0.2, -0.15) is 0 Å². The molecule has 0 radical (unpaired) electrons. The van der Waals surface area contributed by atoms with Crippen molar-refractivity contribution in [2.75, 3.05) is 39.5 Å². The fourth-order valence-electron chi connectivity index (χ4n) is 4.63. The normalized spacial score (nSPS) is 26.0. The summed E-state index contributed by atoms with van der Waals surface area (Å²) in [6.45, 7) is 7.05. The molecule has 0 amide bonds. The van der Waals surface area contributed by atoms with Crippen LogP contribution in [-0.2, 0) is 15.9 Å². The van der Waals surface area contributed by atoms with E-state index in [9.17, 15) is 0 Å². The zero-order chi connectivity index (χ0) is 20.9. The molecule has 0 aliphatic carbocycles. The molecule has 2 atom stereocenters. The molecule has 3 aliphatic rings. The largest absolute Gasteiger partial charge is 0.385 e. The molecule has 8 heteroatoms. The lowest BCUT2D eigenvalue weighted by Crippen LogP contribution is -2.58. The first-order chi connectivity index (χ1) is 14.6. The van der Waals surface area contributed by atoms with Gasteiger partial charge in [0.15, 0.2) is 0 Å². The van der Waals surface area contributed by atoms with Crippen LogP contribution in [0.4, 0.5) is 0 Å². The lowest BCUT2D eigenvalue weighted by molar-refractivity contribution is -0.109. The lowest BCUT2D eigenvalue weighted by atomic mass is 9.96. The maximum absolute atomic E-state index is 6.17. The van der Waals surface area contributed by atoms with E-state index in [1.807, 2.05) is 19.1 Å². The molecule has 3 heterocycles. The van der Waals surface area contributed by atoms with Gasteiger partial charge in [0.25, 0.3) is 0 Å². The van der Waals surface area contributed by atoms with Crippen molar-refractivity contribution in [2.45, 2.75) is 50.8 Å². The maximum Gasteiger partial charge on any atom is 0.135 e. The number of rotatable bonds is 6. The van der Waals surface area contributed by atoms with Gasteiger partial charge in [-0.25, -0.2) is 0 Å². The highest BCUT2D eigenvalue weighted by Crippen LogP contribution is 2.26. The first kappa shape index (κ1) is 21.6. The van der Waals surface area contributed by atoms with Gasteiger partial charge in [0.05, 0.1) is 25.7 Å². The standard InChI is InChI=1S/C22H32ClN5O2/c1-2-29-15-20-13-28(19(14-30-20)11-16-3-5-17(23)6-4-16)18-7-9-27(10-8-18)22-12-21(24)25-26-22/h3-6,18-20H,2,7-15H2,1H3,(H2,24,25)/t19-,20+/m0/s1. The summed E-state index contributed by atoms with van der Waals surface area (Å²) in [5.41, 5.74) is 7.10. The minimum absolute atomic E-state index is 0.136. The number of likely N-dealkylation sites (tertiary alicyclic amines) is 1. The number of benzene rings is 1. The molecule has 0 saturated carbocycles. The van der Waals surface area contributed by atoms with Gasteiger partial charge in [0.1, 0.15) is 11.7 Å². The zero-order valence-electron chi connectivity index (χ0n) is 17.7. The van der Waals surface area contributed by atoms with Crippen LogP contribution in [0.15, 0.2) is 34.5 Å². The highest BCUT2D eigenvalue weighted by molar-refractivity contribution is 6.30. The molecule has 0 bridgehead atoms. The number of hydrogen-bond acceptors (Lipinski definition) is 7. The van der Waals surface area contributed by atoms with E-state index in [1.54, 1.807) is 0 Å². The minimum atomic E-state index is 0.136. The Hall–Kier alpha value is -1.67. The summed E-state index contributed by atoms with van der Waals surface area (Å²) in [6, 6.07) is 9.08. The van der Waals surface area contributed by atoms with Gasteiger partial charge in [-0.15, -0.1) is 10.2 Å². The molecule has 3 aliphatic heterocycles. The molecular weight excluding hydrogens is 402 g/mol. The Labute approximate surface area is 183 Å². The van der Waals surface area contributed by atoms with Crippen molar-refractivity contribution in [3.05, 3.63) is 34.9 Å². The molecule has 2 fully saturated rings. The van der Waals surface area contributed by atoms with Crippen molar-refractivity contribution >= 4 is 23.3 Å².